The maximum atomic E-state index is 11.8. The average molecular weight is 322 g/mol. The molecule has 2 unspecified atom stereocenters. The Labute approximate surface area is 134 Å². The zero-order valence-corrected chi connectivity index (χ0v) is 12.8. The molecule has 4 N–H and O–H groups in total. The highest BCUT2D eigenvalue weighted by Crippen LogP contribution is 2.18. The Morgan fingerprint density at radius 2 is 1.78 bits per heavy atom. The summed E-state index contributed by atoms with van der Waals surface area (Å²) in [6.45, 7) is -0.155. The molecule has 1 saturated carbocycles. The third-order valence-electron chi connectivity index (χ3n) is 3.76. The zero-order chi connectivity index (χ0) is 16.7. The van der Waals surface area contributed by atoms with Crippen LogP contribution >= 0.6 is 0 Å². The summed E-state index contributed by atoms with van der Waals surface area (Å²) in [6.07, 6.45) is -0.448. The number of aliphatic hydroxyl groups is 2. The fourth-order valence-corrected chi connectivity index (χ4v) is 2.51. The number of benzene rings is 1. The van der Waals surface area contributed by atoms with Gasteiger partial charge >= 0.3 is 6.09 Å². The first-order valence-electron chi connectivity index (χ1n) is 7.66. The van der Waals surface area contributed by atoms with Gasteiger partial charge in [0, 0.05) is 0 Å². The summed E-state index contributed by atoms with van der Waals surface area (Å²) in [6, 6.07) is 8.49. The molecule has 0 heterocycles. The van der Waals surface area contributed by atoms with Gasteiger partial charge in [-0.25, -0.2) is 4.79 Å². The summed E-state index contributed by atoms with van der Waals surface area (Å²) in [5.41, 5.74) is 0.848. The molecule has 2 rings (SSSR count). The van der Waals surface area contributed by atoms with E-state index >= 15 is 0 Å². The van der Waals surface area contributed by atoms with Crippen molar-refractivity contribution < 1.29 is 24.5 Å². The number of carbonyl (C=O) groups excluding carboxylic acids is 2. The zero-order valence-electron chi connectivity index (χ0n) is 12.8. The van der Waals surface area contributed by atoms with Crippen LogP contribution in [0, 0.1) is 0 Å². The number of ether oxygens (including phenoxy) is 1. The Bertz CT molecular complexity index is 512. The molecule has 0 saturated heterocycles. The first-order valence-corrected chi connectivity index (χ1v) is 7.66. The molecular formula is C16H22N2O5. The first kappa shape index (κ1) is 17.2. The van der Waals surface area contributed by atoms with Gasteiger partial charge in [-0.3, -0.25) is 4.79 Å². The minimum Gasteiger partial charge on any atom is -0.445 e. The summed E-state index contributed by atoms with van der Waals surface area (Å²) in [7, 11) is 0. The van der Waals surface area contributed by atoms with E-state index in [0.29, 0.717) is 12.8 Å². The third kappa shape index (κ3) is 5.54. The molecule has 1 fully saturated rings. The van der Waals surface area contributed by atoms with Crippen LogP contribution in [0.1, 0.15) is 24.8 Å². The third-order valence-corrected chi connectivity index (χ3v) is 3.76. The second-order valence-corrected chi connectivity index (χ2v) is 5.57. The van der Waals surface area contributed by atoms with Gasteiger partial charge in [-0.1, -0.05) is 30.3 Å². The molecule has 1 aromatic carbocycles. The standard InChI is InChI=1S/C16H22N2O5/c19-12-7-4-8-13(20)15(12)18-14(21)9-17-16(22)23-10-11-5-2-1-3-6-11/h1-3,5-6,12-13,15,19-20H,4,7-10H2,(H,17,22)(H,18,21). The van der Waals surface area contributed by atoms with E-state index in [-0.39, 0.29) is 13.2 Å². The van der Waals surface area contributed by atoms with Crippen LogP contribution in [0.15, 0.2) is 30.3 Å². The van der Waals surface area contributed by atoms with E-state index in [2.05, 4.69) is 10.6 Å². The molecule has 0 radical (unpaired) electrons. The summed E-state index contributed by atoms with van der Waals surface area (Å²) in [5, 5.41) is 24.5. The van der Waals surface area contributed by atoms with Crippen molar-refractivity contribution in [3.8, 4) is 0 Å². The number of amides is 2. The van der Waals surface area contributed by atoms with Gasteiger partial charge in [-0.05, 0) is 24.8 Å². The van der Waals surface area contributed by atoms with Crippen LogP contribution in [0.25, 0.3) is 0 Å². The van der Waals surface area contributed by atoms with Crippen LogP contribution in [-0.2, 0) is 16.1 Å². The maximum Gasteiger partial charge on any atom is 0.407 e. The number of hydrogen-bond acceptors (Lipinski definition) is 5. The van der Waals surface area contributed by atoms with Gasteiger partial charge in [0.2, 0.25) is 5.91 Å². The number of aliphatic hydroxyl groups excluding tert-OH is 2. The average Bonchev–Trinajstić information content (AvgIpc) is 2.55. The number of carbonyl (C=O) groups is 2. The lowest BCUT2D eigenvalue weighted by molar-refractivity contribution is -0.124. The molecular weight excluding hydrogens is 300 g/mol. The van der Waals surface area contributed by atoms with Gasteiger partial charge in [0.1, 0.15) is 13.2 Å². The Hall–Kier alpha value is -2.12. The van der Waals surface area contributed by atoms with Crippen LogP contribution in [-0.4, -0.2) is 47.0 Å². The van der Waals surface area contributed by atoms with Crippen molar-refractivity contribution >= 4 is 12.0 Å². The lowest BCUT2D eigenvalue weighted by Gasteiger charge is -2.32. The molecule has 2 amide bonds. The molecule has 1 aliphatic rings. The smallest absolute Gasteiger partial charge is 0.407 e. The minimum absolute atomic E-state index is 0.119. The summed E-state index contributed by atoms with van der Waals surface area (Å²) in [4.78, 5) is 23.3. The van der Waals surface area contributed by atoms with E-state index in [4.69, 9.17) is 4.74 Å². The monoisotopic (exact) mass is 322 g/mol. The fraction of sp³-hybridized carbons (Fsp3) is 0.500. The fourth-order valence-electron chi connectivity index (χ4n) is 2.51. The lowest BCUT2D eigenvalue weighted by atomic mass is 9.90. The van der Waals surface area contributed by atoms with E-state index in [1.807, 2.05) is 30.3 Å². The molecule has 23 heavy (non-hydrogen) atoms. The highest BCUT2D eigenvalue weighted by atomic mass is 16.5. The van der Waals surface area contributed by atoms with Gasteiger partial charge in [0.15, 0.2) is 0 Å². The van der Waals surface area contributed by atoms with E-state index in [9.17, 15) is 19.8 Å². The molecule has 0 bridgehead atoms. The quantitative estimate of drug-likeness (QED) is 0.624. The first-order chi connectivity index (χ1) is 11.1. The predicted octanol–water partition coefficient (Wildman–Crippen LogP) is 0.303. The normalized spacial score (nSPS) is 23.8. The summed E-state index contributed by atoms with van der Waals surface area (Å²) >= 11 is 0. The molecule has 126 valence electrons. The number of rotatable bonds is 5. The van der Waals surface area contributed by atoms with E-state index < -0.39 is 30.3 Å². The van der Waals surface area contributed by atoms with Gasteiger partial charge < -0.3 is 25.6 Å². The molecule has 1 aromatic rings. The molecule has 0 aromatic heterocycles. The topological polar surface area (TPSA) is 108 Å². The molecule has 1 aliphatic carbocycles. The van der Waals surface area contributed by atoms with Crippen LogP contribution in [0.2, 0.25) is 0 Å². The van der Waals surface area contributed by atoms with Gasteiger partial charge in [0.05, 0.1) is 18.2 Å². The van der Waals surface area contributed by atoms with Crippen molar-refractivity contribution in [1.82, 2.24) is 10.6 Å². The molecule has 7 nitrogen and oxygen atoms in total. The Balaban J connectivity index is 1.68. The maximum absolute atomic E-state index is 11.8. The second kappa shape index (κ2) is 8.50. The van der Waals surface area contributed by atoms with Crippen molar-refractivity contribution in [2.75, 3.05) is 6.54 Å². The lowest BCUT2D eigenvalue weighted by Crippen LogP contribution is -2.54. The Morgan fingerprint density at radius 1 is 1.13 bits per heavy atom. The van der Waals surface area contributed by atoms with E-state index in [0.717, 1.165) is 12.0 Å². The molecule has 2 atom stereocenters. The van der Waals surface area contributed by atoms with Crippen LogP contribution < -0.4 is 10.6 Å². The predicted molar refractivity (Wildman–Crippen MR) is 82.4 cm³/mol. The highest BCUT2D eigenvalue weighted by Gasteiger charge is 2.31. The minimum atomic E-state index is -0.771. The highest BCUT2D eigenvalue weighted by molar-refractivity contribution is 5.82. The largest absolute Gasteiger partial charge is 0.445 e. The van der Waals surface area contributed by atoms with Gasteiger partial charge in [-0.15, -0.1) is 0 Å². The van der Waals surface area contributed by atoms with Gasteiger partial charge in [-0.2, -0.15) is 0 Å². The number of alkyl carbamates (subject to hydrolysis) is 1. The molecule has 0 spiro atoms. The molecule has 0 aliphatic heterocycles. The van der Waals surface area contributed by atoms with Crippen molar-refractivity contribution in [3.05, 3.63) is 35.9 Å². The number of nitrogens with one attached hydrogen (secondary N) is 2. The van der Waals surface area contributed by atoms with Crippen LogP contribution in [0.3, 0.4) is 0 Å². The molecule has 7 heteroatoms. The Morgan fingerprint density at radius 3 is 2.43 bits per heavy atom. The van der Waals surface area contributed by atoms with Crippen LogP contribution in [0.4, 0.5) is 4.79 Å². The van der Waals surface area contributed by atoms with Crippen molar-refractivity contribution in [3.63, 3.8) is 0 Å². The van der Waals surface area contributed by atoms with Crippen molar-refractivity contribution in [1.29, 1.82) is 0 Å². The Kier molecular flexibility index (Phi) is 6.37. The van der Waals surface area contributed by atoms with Crippen LogP contribution in [0.5, 0.6) is 0 Å². The van der Waals surface area contributed by atoms with E-state index in [1.165, 1.54) is 0 Å². The van der Waals surface area contributed by atoms with Gasteiger partial charge in [0.25, 0.3) is 0 Å². The van der Waals surface area contributed by atoms with Crippen molar-refractivity contribution in [2.45, 2.75) is 44.1 Å². The van der Waals surface area contributed by atoms with Crippen molar-refractivity contribution in [2.24, 2.45) is 0 Å². The summed E-state index contributed by atoms with van der Waals surface area (Å²) in [5.74, 6) is -0.480. The second-order valence-electron chi connectivity index (χ2n) is 5.57. The SMILES string of the molecule is O=C(CNC(=O)OCc1ccccc1)NC1C(O)CCCC1O. The van der Waals surface area contributed by atoms with E-state index in [1.54, 1.807) is 0 Å². The number of hydrogen-bond donors (Lipinski definition) is 4. The summed E-state index contributed by atoms with van der Waals surface area (Å²) < 4.78 is 4.98.